The van der Waals surface area contributed by atoms with E-state index < -0.39 is 0 Å². The Morgan fingerprint density at radius 2 is 2.15 bits per heavy atom. The number of fused-ring (bicyclic) bond motifs is 1. The van der Waals surface area contributed by atoms with E-state index >= 15 is 0 Å². The highest BCUT2D eigenvalue weighted by molar-refractivity contribution is 7.19. The van der Waals surface area contributed by atoms with Crippen molar-refractivity contribution in [1.29, 1.82) is 0 Å². The molecule has 1 saturated carbocycles. The van der Waals surface area contributed by atoms with Crippen molar-refractivity contribution in [2.45, 2.75) is 51.6 Å². The van der Waals surface area contributed by atoms with Gasteiger partial charge in [-0.3, -0.25) is 0 Å². The van der Waals surface area contributed by atoms with Crippen LogP contribution in [0.2, 0.25) is 5.02 Å². The first-order chi connectivity index (χ1) is 9.78. The summed E-state index contributed by atoms with van der Waals surface area (Å²) in [4.78, 5) is 1.28. The quantitative estimate of drug-likeness (QED) is 0.773. The van der Waals surface area contributed by atoms with Gasteiger partial charge in [-0.1, -0.05) is 56.0 Å². The number of rotatable bonds is 4. The van der Waals surface area contributed by atoms with E-state index in [2.05, 4.69) is 36.5 Å². The van der Waals surface area contributed by atoms with Crippen LogP contribution in [-0.2, 0) is 6.54 Å². The van der Waals surface area contributed by atoms with Crippen molar-refractivity contribution in [3.05, 3.63) is 34.2 Å². The summed E-state index contributed by atoms with van der Waals surface area (Å²) < 4.78 is 1.30. The summed E-state index contributed by atoms with van der Waals surface area (Å²) in [6.45, 7) is 3.23. The molecule has 0 bridgehead atoms. The predicted molar refractivity (Wildman–Crippen MR) is 89.7 cm³/mol. The van der Waals surface area contributed by atoms with Crippen LogP contribution in [0.1, 0.15) is 43.9 Å². The van der Waals surface area contributed by atoms with E-state index in [0.717, 1.165) is 17.5 Å². The van der Waals surface area contributed by atoms with Crippen molar-refractivity contribution >= 4 is 33.0 Å². The highest BCUT2D eigenvalue weighted by atomic mass is 35.5. The SMILES string of the molecule is CCC1CCCC(NCc2sc3ccccc3c2Cl)C1. The minimum Gasteiger partial charge on any atom is -0.309 e. The van der Waals surface area contributed by atoms with Crippen LogP contribution in [0.15, 0.2) is 24.3 Å². The van der Waals surface area contributed by atoms with Gasteiger partial charge in [-0.25, -0.2) is 0 Å². The molecule has 1 aromatic heterocycles. The fraction of sp³-hybridized carbons (Fsp3) is 0.529. The number of thiophene rings is 1. The summed E-state index contributed by atoms with van der Waals surface area (Å²) in [7, 11) is 0. The molecule has 0 saturated heterocycles. The lowest BCUT2D eigenvalue weighted by molar-refractivity contribution is 0.279. The standard InChI is InChI=1S/C17H22ClNS/c1-2-12-6-5-7-13(10-12)19-11-16-17(18)14-8-3-4-9-15(14)20-16/h3-4,8-9,12-13,19H,2,5-7,10-11H2,1H3. The zero-order chi connectivity index (χ0) is 13.9. The smallest absolute Gasteiger partial charge is 0.0636 e. The fourth-order valence-corrected chi connectivity index (χ4v) is 4.71. The second-order valence-electron chi connectivity index (χ2n) is 5.85. The Labute approximate surface area is 130 Å². The second-order valence-corrected chi connectivity index (χ2v) is 7.37. The van der Waals surface area contributed by atoms with E-state index in [4.69, 9.17) is 11.6 Å². The van der Waals surface area contributed by atoms with Gasteiger partial charge >= 0.3 is 0 Å². The number of hydrogen-bond donors (Lipinski definition) is 1. The van der Waals surface area contributed by atoms with Crippen LogP contribution in [-0.4, -0.2) is 6.04 Å². The Bertz CT molecular complexity index is 577. The van der Waals surface area contributed by atoms with Crippen LogP contribution in [0.3, 0.4) is 0 Å². The third kappa shape index (κ3) is 3.03. The molecule has 0 amide bonds. The molecule has 20 heavy (non-hydrogen) atoms. The summed E-state index contributed by atoms with van der Waals surface area (Å²) in [5, 5.41) is 5.88. The van der Waals surface area contributed by atoms with Gasteiger partial charge in [0, 0.05) is 27.5 Å². The van der Waals surface area contributed by atoms with Crippen LogP contribution >= 0.6 is 22.9 Å². The van der Waals surface area contributed by atoms with Crippen LogP contribution in [0.25, 0.3) is 10.1 Å². The van der Waals surface area contributed by atoms with E-state index in [0.29, 0.717) is 6.04 Å². The summed E-state index contributed by atoms with van der Waals surface area (Å²) >= 11 is 8.33. The van der Waals surface area contributed by atoms with Gasteiger partial charge in [0.25, 0.3) is 0 Å². The van der Waals surface area contributed by atoms with Gasteiger partial charge < -0.3 is 5.32 Å². The zero-order valence-electron chi connectivity index (χ0n) is 12.0. The van der Waals surface area contributed by atoms with Gasteiger partial charge in [0.1, 0.15) is 0 Å². The molecule has 1 heterocycles. The van der Waals surface area contributed by atoms with Gasteiger partial charge in [0.05, 0.1) is 5.02 Å². The molecule has 2 aromatic rings. The molecule has 0 spiro atoms. The van der Waals surface area contributed by atoms with E-state index in [1.165, 1.54) is 47.1 Å². The van der Waals surface area contributed by atoms with Crippen LogP contribution in [0.4, 0.5) is 0 Å². The third-order valence-electron chi connectivity index (χ3n) is 4.51. The van der Waals surface area contributed by atoms with E-state index in [1.54, 1.807) is 0 Å². The molecule has 3 heteroatoms. The lowest BCUT2D eigenvalue weighted by Gasteiger charge is -2.29. The van der Waals surface area contributed by atoms with E-state index in [1.807, 2.05) is 11.3 Å². The number of hydrogen-bond acceptors (Lipinski definition) is 2. The second kappa shape index (κ2) is 6.46. The topological polar surface area (TPSA) is 12.0 Å². The molecule has 1 nitrogen and oxygen atoms in total. The van der Waals surface area contributed by atoms with Gasteiger partial charge in [0.15, 0.2) is 0 Å². The first-order valence-corrected chi connectivity index (χ1v) is 8.86. The number of halogens is 1. The molecule has 2 atom stereocenters. The molecule has 2 unspecified atom stereocenters. The Kier molecular flexibility index (Phi) is 4.65. The fourth-order valence-electron chi connectivity index (χ4n) is 3.26. The molecular formula is C17H22ClNS. The van der Waals surface area contributed by atoms with Crippen molar-refractivity contribution in [3.63, 3.8) is 0 Å². The molecule has 1 aliphatic rings. The Hall–Kier alpha value is -0.570. The molecular weight excluding hydrogens is 286 g/mol. The molecule has 1 aliphatic carbocycles. The average Bonchev–Trinajstić information content (AvgIpc) is 2.82. The largest absolute Gasteiger partial charge is 0.309 e. The van der Waals surface area contributed by atoms with Crippen LogP contribution in [0.5, 0.6) is 0 Å². The van der Waals surface area contributed by atoms with Gasteiger partial charge in [-0.15, -0.1) is 11.3 Å². The number of benzene rings is 1. The Morgan fingerprint density at radius 1 is 1.30 bits per heavy atom. The maximum atomic E-state index is 6.50. The summed E-state index contributed by atoms with van der Waals surface area (Å²) in [5.74, 6) is 0.916. The molecule has 1 aromatic carbocycles. The van der Waals surface area contributed by atoms with Crippen molar-refractivity contribution < 1.29 is 0 Å². The van der Waals surface area contributed by atoms with Gasteiger partial charge in [-0.05, 0) is 24.8 Å². The predicted octanol–water partition coefficient (Wildman–Crippen LogP) is 5.61. The summed E-state index contributed by atoms with van der Waals surface area (Å²) in [5.41, 5.74) is 0. The van der Waals surface area contributed by atoms with E-state index in [-0.39, 0.29) is 0 Å². The molecule has 1 N–H and O–H groups in total. The third-order valence-corrected chi connectivity index (χ3v) is 6.23. The Balaban J connectivity index is 1.66. The highest BCUT2D eigenvalue weighted by Gasteiger charge is 2.20. The number of nitrogens with one attached hydrogen (secondary N) is 1. The maximum absolute atomic E-state index is 6.50. The molecule has 3 rings (SSSR count). The average molecular weight is 308 g/mol. The summed E-state index contributed by atoms with van der Waals surface area (Å²) in [6.07, 6.45) is 6.76. The maximum Gasteiger partial charge on any atom is 0.0636 e. The van der Waals surface area contributed by atoms with Crippen molar-refractivity contribution in [2.24, 2.45) is 5.92 Å². The minimum absolute atomic E-state index is 0.676. The molecule has 0 radical (unpaired) electrons. The lowest BCUT2D eigenvalue weighted by atomic mass is 9.84. The first kappa shape index (κ1) is 14.4. The first-order valence-electron chi connectivity index (χ1n) is 7.67. The molecule has 0 aliphatic heterocycles. The normalized spacial score (nSPS) is 23.3. The van der Waals surface area contributed by atoms with Gasteiger partial charge in [0.2, 0.25) is 0 Å². The zero-order valence-corrected chi connectivity index (χ0v) is 13.6. The van der Waals surface area contributed by atoms with Crippen LogP contribution < -0.4 is 5.32 Å². The summed E-state index contributed by atoms with van der Waals surface area (Å²) in [6, 6.07) is 9.09. The minimum atomic E-state index is 0.676. The highest BCUT2D eigenvalue weighted by Crippen LogP contribution is 2.35. The molecule has 1 fully saturated rings. The lowest BCUT2D eigenvalue weighted by Crippen LogP contribution is -2.33. The van der Waals surface area contributed by atoms with E-state index in [9.17, 15) is 0 Å². The van der Waals surface area contributed by atoms with Crippen molar-refractivity contribution in [2.75, 3.05) is 0 Å². The van der Waals surface area contributed by atoms with Gasteiger partial charge in [-0.2, -0.15) is 0 Å². The Morgan fingerprint density at radius 3 is 2.95 bits per heavy atom. The van der Waals surface area contributed by atoms with Crippen LogP contribution in [0, 0.1) is 5.92 Å². The molecule has 108 valence electrons. The van der Waals surface area contributed by atoms with Crippen molar-refractivity contribution in [3.8, 4) is 0 Å². The van der Waals surface area contributed by atoms with Crippen molar-refractivity contribution in [1.82, 2.24) is 5.32 Å². The monoisotopic (exact) mass is 307 g/mol.